The number of anilines is 1. The van der Waals surface area contributed by atoms with Crippen molar-refractivity contribution in [3.63, 3.8) is 0 Å². The average molecular weight is 387 g/mol. The smallest absolute Gasteiger partial charge is 0.293 e. The van der Waals surface area contributed by atoms with Gasteiger partial charge in [-0.25, -0.2) is 13.6 Å². The first-order chi connectivity index (χ1) is 12.8. The quantitative estimate of drug-likeness (QED) is 0.627. The van der Waals surface area contributed by atoms with Gasteiger partial charge in [-0.1, -0.05) is 37.3 Å². The van der Waals surface area contributed by atoms with Crippen LogP contribution < -0.4 is 10.0 Å². The summed E-state index contributed by atoms with van der Waals surface area (Å²) in [6, 6.07) is 12.2. The highest BCUT2D eigenvalue weighted by molar-refractivity contribution is 7.89. The summed E-state index contributed by atoms with van der Waals surface area (Å²) in [5.74, 6) is 0. The van der Waals surface area contributed by atoms with Crippen LogP contribution in [0.4, 0.5) is 11.4 Å². The molecule has 0 saturated heterocycles. The summed E-state index contributed by atoms with van der Waals surface area (Å²) in [5.41, 5.74) is 3.78. The lowest BCUT2D eigenvalue weighted by molar-refractivity contribution is -0.384. The van der Waals surface area contributed by atoms with Crippen LogP contribution in [0.3, 0.4) is 0 Å². The number of nitro benzene ring substituents is 1. The second-order valence-corrected chi connectivity index (χ2v) is 7.99. The van der Waals surface area contributed by atoms with Gasteiger partial charge in [-0.05, 0) is 41.7 Å². The van der Waals surface area contributed by atoms with E-state index in [1.807, 2.05) is 4.90 Å². The van der Waals surface area contributed by atoms with Crippen molar-refractivity contribution in [2.45, 2.75) is 24.7 Å². The van der Waals surface area contributed by atoms with Gasteiger partial charge in [0.25, 0.3) is 5.69 Å². The van der Waals surface area contributed by atoms with Gasteiger partial charge in [-0.15, -0.1) is 0 Å². The summed E-state index contributed by atoms with van der Waals surface area (Å²) in [6.45, 7) is 3.23. The summed E-state index contributed by atoms with van der Waals surface area (Å²) >= 11 is 0. The van der Waals surface area contributed by atoms with Crippen LogP contribution in [-0.2, 0) is 16.4 Å². The van der Waals surface area contributed by atoms with Gasteiger partial charge in [0.05, 0.1) is 9.82 Å². The van der Waals surface area contributed by atoms with E-state index in [1.54, 1.807) is 0 Å². The van der Waals surface area contributed by atoms with Gasteiger partial charge in [0, 0.05) is 19.2 Å². The van der Waals surface area contributed by atoms with E-state index in [0.29, 0.717) is 18.8 Å². The summed E-state index contributed by atoms with van der Waals surface area (Å²) in [4.78, 5) is 12.4. The maximum atomic E-state index is 11.5. The fourth-order valence-electron chi connectivity index (χ4n) is 3.20. The summed E-state index contributed by atoms with van der Waals surface area (Å²) in [6.07, 6.45) is 3.80. The Morgan fingerprint density at radius 1 is 1.19 bits per heavy atom. The van der Waals surface area contributed by atoms with Crippen molar-refractivity contribution in [1.29, 1.82) is 0 Å². The van der Waals surface area contributed by atoms with E-state index < -0.39 is 14.9 Å². The van der Waals surface area contributed by atoms with Gasteiger partial charge in [-0.2, -0.15) is 0 Å². The van der Waals surface area contributed by atoms with Crippen LogP contribution >= 0.6 is 0 Å². The topological polar surface area (TPSA) is 107 Å². The molecule has 0 amide bonds. The minimum atomic E-state index is -3.99. The lowest BCUT2D eigenvalue weighted by atomic mass is 9.97. The molecule has 0 atom stereocenters. The van der Waals surface area contributed by atoms with E-state index in [-0.39, 0.29) is 10.6 Å². The van der Waals surface area contributed by atoms with Crippen LogP contribution in [0.15, 0.2) is 53.4 Å². The van der Waals surface area contributed by atoms with E-state index in [4.69, 9.17) is 5.14 Å². The molecule has 0 spiro atoms. The first kappa shape index (κ1) is 19.1. The zero-order valence-corrected chi connectivity index (χ0v) is 15.8. The molecule has 1 aliphatic rings. The monoisotopic (exact) mass is 387 g/mol. The van der Waals surface area contributed by atoms with Crippen LogP contribution in [-0.4, -0.2) is 26.4 Å². The molecule has 7 nitrogen and oxygen atoms in total. The molecule has 0 aromatic heterocycles. The zero-order chi connectivity index (χ0) is 19.6. The Kier molecular flexibility index (Phi) is 5.29. The first-order valence-electron chi connectivity index (χ1n) is 8.64. The third kappa shape index (κ3) is 4.17. The van der Waals surface area contributed by atoms with E-state index in [1.165, 1.54) is 23.3 Å². The minimum Gasteiger partial charge on any atom is -0.362 e. The van der Waals surface area contributed by atoms with Crippen molar-refractivity contribution in [2.24, 2.45) is 5.14 Å². The molecule has 1 aliphatic heterocycles. The maximum absolute atomic E-state index is 11.5. The predicted molar refractivity (Wildman–Crippen MR) is 105 cm³/mol. The van der Waals surface area contributed by atoms with Crippen molar-refractivity contribution in [1.82, 2.24) is 0 Å². The Morgan fingerprint density at radius 2 is 1.89 bits per heavy atom. The van der Waals surface area contributed by atoms with Crippen molar-refractivity contribution in [3.8, 4) is 0 Å². The second-order valence-electron chi connectivity index (χ2n) is 6.43. The Hall–Kier alpha value is -2.71. The third-order valence-corrected chi connectivity index (χ3v) is 5.67. The molecule has 2 aromatic rings. The predicted octanol–water partition coefficient (Wildman–Crippen LogP) is 3.10. The molecule has 3 rings (SSSR count). The Balaban J connectivity index is 1.86. The van der Waals surface area contributed by atoms with Crippen LogP contribution in [0.25, 0.3) is 5.57 Å². The zero-order valence-electron chi connectivity index (χ0n) is 15.0. The van der Waals surface area contributed by atoms with E-state index in [0.717, 1.165) is 24.5 Å². The normalized spacial score (nSPS) is 14.7. The average Bonchev–Trinajstić information content (AvgIpc) is 2.67. The van der Waals surface area contributed by atoms with Crippen molar-refractivity contribution < 1.29 is 13.3 Å². The number of sulfonamides is 1. The fourth-order valence-corrected chi connectivity index (χ4v) is 3.73. The highest BCUT2D eigenvalue weighted by Crippen LogP contribution is 2.33. The third-order valence-electron chi connectivity index (χ3n) is 4.75. The van der Waals surface area contributed by atoms with Crippen molar-refractivity contribution >= 4 is 27.0 Å². The molecular formula is C19H21N3O4S. The van der Waals surface area contributed by atoms with Gasteiger partial charge in [0.1, 0.15) is 5.69 Å². The van der Waals surface area contributed by atoms with Gasteiger partial charge < -0.3 is 4.90 Å². The largest absolute Gasteiger partial charge is 0.362 e. The molecule has 0 radical (unpaired) electrons. The fraction of sp³-hybridized carbons (Fsp3) is 0.263. The second kappa shape index (κ2) is 7.50. The molecule has 0 bridgehead atoms. The van der Waals surface area contributed by atoms with Gasteiger partial charge in [0.15, 0.2) is 0 Å². The van der Waals surface area contributed by atoms with E-state index in [2.05, 4.69) is 37.3 Å². The Morgan fingerprint density at radius 3 is 2.41 bits per heavy atom. The van der Waals surface area contributed by atoms with Crippen molar-refractivity contribution in [2.75, 3.05) is 18.0 Å². The number of aryl methyl sites for hydroxylation is 1. The number of nitrogens with zero attached hydrogens (tertiary/aromatic N) is 2. The number of hydrogen-bond donors (Lipinski definition) is 1. The number of hydrogen-bond acceptors (Lipinski definition) is 5. The van der Waals surface area contributed by atoms with Gasteiger partial charge in [0.2, 0.25) is 10.0 Å². The Labute approximate surface area is 158 Å². The summed E-state index contributed by atoms with van der Waals surface area (Å²) in [5, 5.41) is 16.5. The molecule has 0 saturated carbocycles. The number of nitro groups is 1. The molecule has 0 aliphatic carbocycles. The Bertz CT molecular complexity index is 998. The standard InChI is InChI=1S/C19H21N3O4S/c1-2-14-3-5-15(6-4-14)16-9-11-21(12-10-16)18-8-7-17(27(20,25)26)13-19(18)22(23)24/h3-9,13H,2,10-12H2,1H3,(H2,20,25,26). The highest BCUT2D eigenvalue weighted by Gasteiger charge is 2.24. The molecule has 8 heteroatoms. The molecule has 2 aromatic carbocycles. The number of nitrogens with two attached hydrogens (primary N) is 1. The van der Waals surface area contributed by atoms with Crippen LogP contribution in [0.1, 0.15) is 24.5 Å². The molecule has 0 fully saturated rings. The van der Waals surface area contributed by atoms with Gasteiger partial charge in [-0.3, -0.25) is 10.1 Å². The first-order valence-corrected chi connectivity index (χ1v) is 10.2. The lowest BCUT2D eigenvalue weighted by Crippen LogP contribution is -2.29. The highest BCUT2D eigenvalue weighted by atomic mass is 32.2. The minimum absolute atomic E-state index is 0.259. The van der Waals surface area contributed by atoms with Gasteiger partial charge >= 0.3 is 0 Å². The lowest BCUT2D eigenvalue weighted by Gasteiger charge is -2.28. The van der Waals surface area contributed by atoms with Crippen LogP contribution in [0.2, 0.25) is 0 Å². The summed E-state index contributed by atoms with van der Waals surface area (Å²) in [7, 11) is -3.99. The summed E-state index contributed by atoms with van der Waals surface area (Å²) < 4.78 is 22.9. The molecule has 142 valence electrons. The van der Waals surface area contributed by atoms with Crippen molar-refractivity contribution in [3.05, 3.63) is 69.8 Å². The van der Waals surface area contributed by atoms with E-state index in [9.17, 15) is 18.5 Å². The SMILES string of the molecule is CCc1ccc(C2=CCN(c3ccc(S(N)(=O)=O)cc3[N+](=O)[O-])CC2)cc1. The molecule has 2 N–H and O–H groups in total. The number of rotatable bonds is 5. The van der Waals surface area contributed by atoms with Crippen LogP contribution in [0.5, 0.6) is 0 Å². The van der Waals surface area contributed by atoms with E-state index >= 15 is 0 Å². The number of primary sulfonamides is 1. The molecular weight excluding hydrogens is 366 g/mol. The van der Waals surface area contributed by atoms with Crippen LogP contribution in [0, 0.1) is 10.1 Å². The molecule has 1 heterocycles. The number of benzene rings is 2. The maximum Gasteiger partial charge on any atom is 0.293 e. The molecule has 0 unspecified atom stereocenters. The molecule has 27 heavy (non-hydrogen) atoms.